The second kappa shape index (κ2) is 5.59. The molecule has 1 atom stereocenters. The molecule has 0 bridgehead atoms. The lowest BCUT2D eigenvalue weighted by atomic mass is 10.2. The van der Waals surface area contributed by atoms with E-state index < -0.39 is 0 Å². The Morgan fingerprint density at radius 1 is 1.57 bits per heavy atom. The van der Waals surface area contributed by atoms with E-state index in [0.717, 1.165) is 16.6 Å². The predicted molar refractivity (Wildman–Crippen MR) is 63.9 cm³/mol. The first kappa shape index (κ1) is 11.8. The topological polar surface area (TPSA) is 32.3 Å². The summed E-state index contributed by atoms with van der Waals surface area (Å²) in [4.78, 5) is 0. The zero-order valence-electron chi connectivity index (χ0n) is 7.93. The third-order valence-electron chi connectivity index (χ3n) is 1.93. The first-order chi connectivity index (χ1) is 6.63. The minimum Gasteiger partial charge on any atom is -0.391 e. The van der Waals surface area contributed by atoms with Crippen molar-refractivity contribution in [2.24, 2.45) is 0 Å². The maximum absolute atomic E-state index is 9.36. The second-order valence-corrected chi connectivity index (χ2v) is 4.36. The van der Waals surface area contributed by atoms with Crippen molar-refractivity contribution in [1.82, 2.24) is 0 Å². The Kier molecular flexibility index (Phi) is 4.72. The molecule has 0 aromatic heterocycles. The molecule has 0 saturated heterocycles. The fraction of sp³-hybridized carbons (Fsp3) is 0.400. The SMILES string of the molecule is CC[C@@H](O)CNc1ccc(Cl)cc1Br. The molecular formula is C10H13BrClNO. The molecule has 2 N–H and O–H groups in total. The zero-order chi connectivity index (χ0) is 10.6. The van der Waals surface area contributed by atoms with Crippen LogP contribution in [0.15, 0.2) is 22.7 Å². The lowest BCUT2D eigenvalue weighted by molar-refractivity contribution is 0.183. The number of aliphatic hydroxyl groups is 1. The van der Waals surface area contributed by atoms with Gasteiger partial charge in [-0.15, -0.1) is 0 Å². The first-order valence-electron chi connectivity index (χ1n) is 4.50. The molecule has 14 heavy (non-hydrogen) atoms. The molecule has 0 radical (unpaired) electrons. The molecule has 1 rings (SSSR count). The van der Waals surface area contributed by atoms with Crippen LogP contribution in [0, 0.1) is 0 Å². The van der Waals surface area contributed by atoms with Gasteiger partial charge in [-0.1, -0.05) is 18.5 Å². The molecule has 0 fully saturated rings. The van der Waals surface area contributed by atoms with Crippen LogP contribution in [-0.4, -0.2) is 17.8 Å². The number of hydrogen-bond donors (Lipinski definition) is 2. The Bertz CT molecular complexity index is 306. The molecule has 2 nitrogen and oxygen atoms in total. The summed E-state index contributed by atoms with van der Waals surface area (Å²) in [7, 11) is 0. The normalized spacial score (nSPS) is 12.6. The van der Waals surface area contributed by atoms with E-state index in [1.165, 1.54) is 0 Å². The van der Waals surface area contributed by atoms with Gasteiger partial charge in [0.15, 0.2) is 0 Å². The largest absolute Gasteiger partial charge is 0.391 e. The van der Waals surface area contributed by atoms with Gasteiger partial charge in [-0.2, -0.15) is 0 Å². The average Bonchev–Trinajstić information content (AvgIpc) is 2.16. The van der Waals surface area contributed by atoms with Gasteiger partial charge in [-0.05, 0) is 40.5 Å². The van der Waals surface area contributed by atoms with E-state index in [4.69, 9.17) is 11.6 Å². The third kappa shape index (κ3) is 3.48. The molecule has 1 aromatic rings. The molecule has 0 unspecified atom stereocenters. The summed E-state index contributed by atoms with van der Waals surface area (Å²) in [6.07, 6.45) is 0.440. The lowest BCUT2D eigenvalue weighted by Gasteiger charge is -2.12. The van der Waals surface area contributed by atoms with Crippen LogP contribution < -0.4 is 5.32 Å². The van der Waals surface area contributed by atoms with Crippen LogP contribution >= 0.6 is 27.5 Å². The van der Waals surface area contributed by atoms with Crippen molar-refractivity contribution < 1.29 is 5.11 Å². The quantitative estimate of drug-likeness (QED) is 0.886. The monoisotopic (exact) mass is 277 g/mol. The smallest absolute Gasteiger partial charge is 0.0709 e. The maximum Gasteiger partial charge on any atom is 0.0709 e. The minimum absolute atomic E-state index is 0.308. The molecule has 78 valence electrons. The van der Waals surface area contributed by atoms with Crippen molar-refractivity contribution in [3.05, 3.63) is 27.7 Å². The number of rotatable bonds is 4. The van der Waals surface area contributed by atoms with Gasteiger partial charge in [-0.25, -0.2) is 0 Å². The molecule has 0 spiro atoms. The third-order valence-corrected chi connectivity index (χ3v) is 2.82. The van der Waals surface area contributed by atoms with Gasteiger partial charge in [0, 0.05) is 21.7 Å². The van der Waals surface area contributed by atoms with E-state index in [1.54, 1.807) is 0 Å². The molecule has 0 saturated carbocycles. The molecule has 0 amide bonds. The summed E-state index contributed by atoms with van der Waals surface area (Å²) in [5, 5.41) is 13.2. The highest BCUT2D eigenvalue weighted by molar-refractivity contribution is 9.10. The summed E-state index contributed by atoms with van der Waals surface area (Å²) >= 11 is 9.19. The van der Waals surface area contributed by atoms with Crippen LogP contribution in [0.25, 0.3) is 0 Å². The molecule has 4 heteroatoms. The number of nitrogens with one attached hydrogen (secondary N) is 1. The number of halogens is 2. The molecule has 0 aliphatic heterocycles. The van der Waals surface area contributed by atoms with Crippen molar-refractivity contribution in [3.8, 4) is 0 Å². The van der Waals surface area contributed by atoms with E-state index >= 15 is 0 Å². The van der Waals surface area contributed by atoms with Gasteiger partial charge < -0.3 is 10.4 Å². The average molecular weight is 279 g/mol. The van der Waals surface area contributed by atoms with Crippen LogP contribution in [0.5, 0.6) is 0 Å². The van der Waals surface area contributed by atoms with Crippen molar-refractivity contribution in [3.63, 3.8) is 0 Å². The van der Waals surface area contributed by atoms with E-state index in [-0.39, 0.29) is 6.10 Å². The van der Waals surface area contributed by atoms with Crippen LogP contribution in [0.2, 0.25) is 5.02 Å². The summed E-state index contributed by atoms with van der Waals surface area (Å²) < 4.78 is 0.910. The standard InChI is InChI=1S/C10H13BrClNO/c1-2-8(14)6-13-10-4-3-7(12)5-9(10)11/h3-5,8,13-14H,2,6H2,1H3/t8-/m1/s1. The summed E-state index contributed by atoms with van der Waals surface area (Å²) in [5.74, 6) is 0. The summed E-state index contributed by atoms with van der Waals surface area (Å²) in [5.41, 5.74) is 0.946. The van der Waals surface area contributed by atoms with Crippen molar-refractivity contribution in [2.75, 3.05) is 11.9 Å². The van der Waals surface area contributed by atoms with Crippen LogP contribution in [-0.2, 0) is 0 Å². The number of anilines is 1. The molecule has 0 aliphatic carbocycles. The van der Waals surface area contributed by atoms with E-state index in [9.17, 15) is 5.11 Å². The highest BCUT2D eigenvalue weighted by Crippen LogP contribution is 2.25. The molecule has 0 aliphatic rings. The lowest BCUT2D eigenvalue weighted by Crippen LogP contribution is -2.18. The Morgan fingerprint density at radius 3 is 2.86 bits per heavy atom. The van der Waals surface area contributed by atoms with Crippen LogP contribution in [0.3, 0.4) is 0 Å². The van der Waals surface area contributed by atoms with Gasteiger partial charge >= 0.3 is 0 Å². The van der Waals surface area contributed by atoms with E-state index in [2.05, 4.69) is 21.2 Å². The Morgan fingerprint density at radius 2 is 2.29 bits per heavy atom. The second-order valence-electron chi connectivity index (χ2n) is 3.07. The van der Waals surface area contributed by atoms with E-state index in [0.29, 0.717) is 11.6 Å². The highest BCUT2D eigenvalue weighted by atomic mass is 79.9. The van der Waals surface area contributed by atoms with Gasteiger partial charge in [0.05, 0.1) is 6.10 Å². The fourth-order valence-electron chi connectivity index (χ4n) is 1.00. The Labute approximate surface area is 97.4 Å². The minimum atomic E-state index is -0.308. The van der Waals surface area contributed by atoms with Gasteiger partial charge in [0.2, 0.25) is 0 Å². The summed E-state index contributed by atoms with van der Waals surface area (Å²) in [6.45, 7) is 2.50. The molecule has 0 heterocycles. The van der Waals surface area contributed by atoms with Crippen LogP contribution in [0.1, 0.15) is 13.3 Å². The number of aliphatic hydroxyl groups excluding tert-OH is 1. The first-order valence-corrected chi connectivity index (χ1v) is 5.67. The van der Waals surface area contributed by atoms with E-state index in [1.807, 2.05) is 25.1 Å². The van der Waals surface area contributed by atoms with Crippen molar-refractivity contribution >= 4 is 33.2 Å². The van der Waals surface area contributed by atoms with Crippen LogP contribution in [0.4, 0.5) is 5.69 Å². The summed E-state index contributed by atoms with van der Waals surface area (Å²) in [6, 6.07) is 5.52. The van der Waals surface area contributed by atoms with Gasteiger partial charge in [-0.3, -0.25) is 0 Å². The fourth-order valence-corrected chi connectivity index (χ4v) is 1.83. The van der Waals surface area contributed by atoms with Crippen molar-refractivity contribution in [1.29, 1.82) is 0 Å². The molecular weight excluding hydrogens is 265 g/mol. The van der Waals surface area contributed by atoms with Gasteiger partial charge in [0.1, 0.15) is 0 Å². The predicted octanol–water partition coefficient (Wildman–Crippen LogP) is 3.29. The Hall–Kier alpha value is -0.250. The molecule has 1 aromatic carbocycles. The number of hydrogen-bond acceptors (Lipinski definition) is 2. The highest BCUT2D eigenvalue weighted by Gasteiger charge is 2.03. The van der Waals surface area contributed by atoms with Crippen molar-refractivity contribution in [2.45, 2.75) is 19.4 Å². The zero-order valence-corrected chi connectivity index (χ0v) is 10.3. The Balaban J connectivity index is 2.59. The maximum atomic E-state index is 9.36. The number of benzene rings is 1. The van der Waals surface area contributed by atoms with Gasteiger partial charge in [0.25, 0.3) is 0 Å².